The van der Waals surface area contributed by atoms with E-state index in [4.69, 9.17) is 11.6 Å². The van der Waals surface area contributed by atoms with E-state index in [1.807, 2.05) is 24.4 Å². The van der Waals surface area contributed by atoms with Crippen molar-refractivity contribution in [2.24, 2.45) is 0 Å². The molecule has 1 aromatic carbocycles. The van der Waals surface area contributed by atoms with E-state index in [1.165, 1.54) is 4.88 Å². The summed E-state index contributed by atoms with van der Waals surface area (Å²) in [4.78, 5) is 5.73. The predicted octanol–water partition coefficient (Wildman–Crippen LogP) is 4.21. The standard InChI is InChI=1S/C14H17ClN2S/c1-3-11-8-17-14(18-11)9-16-10(2)12-6-4-5-7-13(12)15/h4-8,10,16H,3,9H2,1-2H3. The lowest BCUT2D eigenvalue weighted by atomic mass is 10.1. The third kappa shape index (κ3) is 3.31. The van der Waals surface area contributed by atoms with Crippen LogP contribution in [0.5, 0.6) is 0 Å². The number of benzene rings is 1. The summed E-state index contributed by atoms with van der Waals surface area (Å²) in [7, 11) is 0. The minimum absolute atomic E-state index is 0.229. The van der Waals surface area contributed by atoms with Gasteiger partial charge in [-0.3, -0.25) is 0 Å². The fourth-order valence-electron chi connectivity index (χ4n) is 1.77. The summed E-state index contributed by atoms with van der Waals surface area (Å²) in [5, 5.41) is 5.40. The monoisotopic (exact) mass is 280 g/mol. The third-order valence-corrected chi connectivity index (χ3v) is 4.37. The molecule has 2 rings (SSSR count). The molecule has 1 N–H and O–H groups in total. The Kier molecular flexibility index (Phi) is 4.75. The van der Waals surface area contributed by atoms with Gasteiger partial charge in [0.15, 0.2) is 0 Å². The highest BCUT2D eigenvalue weighted by Crippen LogP contribution is 2.23. The van der Waals surface area contributed by atoms with Gasteiger partial charge in [-0.05, 0) is 25.0 Å². The molecule has 0 bridgehead atoms. The molecule has 1 unspecified atom stereocenters. The molecule has 0 aliphatic rings. The first-order valence-corrected chi connectivity index (χ1v) is 7.31. The van der Waals surface area contributed by atoms with Gasteiger partial charge in [-0.15, -0.1) is 11.3 Å². The Morgan fingerprint density at radius 3 is 2.83 bits per heavy atom. The van der Waals surface area contributed by atoms with Gasteiger partial charge >= 0.3 is 0 Å². The summed E-state index contributed by atoms with van der Waals surface area (Å²) in [6.45, 7) is 5.06. The lowest BCUT2D eigenvalue weighted by molar-refractivity contribution is 0.573. The average molecular weight is 281 g/mol. The third-order valence-electron chi connectivity index (χ3n) is 2.88. The van der Waals surface area contributed by atoms with Crippen LogP contribution >= 0.6 is 22.9 Å². The van der Waals surface area contributed by atoms with Crippen molar-refractivity contribution in [1.82, 2.24) is 10.3 Å². The Labute approximate surface area is 117 Å². The van der Waals surface area contributed by atoms with Crippen LogP contribution < -0.4 is 5.32 Å². The zero-order valence-electron chi connectivity index (χ0n) is 10.6. The first-order chi connectivity index (χ1) is 8.70. The van der Waals surface area contributed by atoms with Crippen LogP contribution in [0.25, 0.3) is 0 Å². The molecule has 0 saturated carbocycles. The van der Waals surface area contributed by atoms with Gasteiger partial charge in [-0.1, -0.05) is 36.7 Å². The quantitative estimate of drug-likeness (QED) is 0.887. The maximum absolute atomic E-state index is 6.17. The molecule has 1 heterocycles. The number of hydrogen-bond acceptors (Lipinski definition) is 3. The number of nitrogens with one attached hydrogen (secondary N) is 1. The number of hydrogen-bond donors (Lipinski definition) is 1. The molecule has 0 radical (unpaired) electrons. The molecule has 4 heteroatoms. The fourth-order valence-corrected chi connectivity index (χ4v) is 2.88. The van der Waals surface area contributed by atoms with E-state index < -0.39 is 0 Å². The summed E-state index contributed by atoms with van der Waals surface area (Å²) in [5.41, 5.74) is 1.13. The van der Waals surface area contributed by atoms with Gasteiger partial charge in [-0.25, -0.2) is 4.98 Å². The molecular formula is C14H17ClN2S. The number of halogens is 1. The maximum Gasteiger partial charge on any atom is 0.107 e. The summed E-state index contributed by atoms with van der Waals surface area (Å²) < 4.78 is 0. The van der Waals surface area contributed by atoms with Gasteiger partial charge < -0.3 is 5.32 Å². The van der Waals surface area contributed by atoms with Gasteiger partial charge in [0.2, 0.25) is 0 Å². The van der Waals surface area contributed by atoms with Gasteiger partial charge in [0.1, 0.15) is 5.01 Å². The second kappa shape index (κ2) is 6.32. The molecule has 0 spiro atoms. The molecular weight excluding hydrogens is 264 g/mol. The van der Waals surface area contributed by atoms with Gasteiger partial charge in [0.05, 0.1) is 0 Å². The van der Waals surface area contributed by atoms with Crippen LogP contribution in [0.15, 0.2) is 30.5 Å². The van der Waals surface area contributed by atoms with Crippen LogP contribution in [-0.4, -0.2) is 4.98 Å². The molecule has 0 aliphatic carbocycles. The molecule has 18 heavy (non-hydrogen) atoms. The topological polar surface area (TPSA) is 24.9 Å². The largest absolute Gasteiger partial charge is 0.304 e. The fraction of sp³-hybridized carbons (Fsp3) is 0.357. The van der Waals surface area contributed by atoms with Crippen LogP contribution in [0.1, 0.15) is 35.3 Å². The Balaban J connectivity index is 1.96. The van der Waals surface area contributed by atoms with Crippen LogP contribution in [0.3, 0.4) is 0 Å². The number of rotatable bonds is 5. The highest BCUT2D eigenvalue weighted by atomic mass is 35.5. The molecule has 96 valence electrons. The van der Waals surface area contributed by atoms with Crippen molar-refractivity contribution in [3.63, 3.8) is 0 Å². The van der Waals surface area contributed by atoms with Crippen molar-refractivity contribution >= 4 is 22.9 Å². The summed E-state index contributed by atoms with van der Waals surface area (Å²) in [6.07, 6.45) is 3.01. The van der Waals surface area contributed by atoms with Crippen molar-refractivity contribution in [2.75, 3.05) is 0 Å². The highest BCUT2D eigenvalue weighted by molar-refractivity contribution is 7.11. The molecule has 1 atom stereocenters. The molecule has 0 amide bonds. The number of aryl methyl sites for hydroxylation is 1. The SMILES string of the molecule is CCc1cnc(CNC(C)c2ccccc2Cl)s1. The average Bonchev–Trinajstić information content (AvgIpc) is 2.84. The van der Waals surface area contributed by atoms with Crippen molar-refractivity contribution < 1.29 is 0 Å². The van der Waals surface area contributed by atoms with E-state index in [1.54, 1.807) is 11.3 Å². The Hall–Kier alpha value is -0.900. The summed E-state index contributed by atoms with van der Waals surface area (Å²) in [6, 6.07) is 8.17. The summed E-state index contributed by atoms with van der Waals surface area (Å²) in [5.74, 6) is 0. The highest BCUT2D eigenvalue weighted by Gasteiger charge is 2.09. The van der Waals surface area contributed by atoms with Crippen LogP contribution in [0.4, 0.5) is 0 Å². The Bertz CT molecular complexity index is 510. The molecule has 1 aromatic heterocycles. The lowest BCUT2D eigenvalue weighted by Crippen LogP contribution is -2.18. The van der Waals surface area contributed by atoms with Gasteiger partial charge in [0.25, 0.3) is 0 Å². The minimum atomic E-state index is 0.229. The normalized spacial score (nSPS) is 12.6. The Morgan fingerprint density at radius 2 is 2.17 bits per heavy atom. The number of aromatic nitrogens is 1. The molecule has 0 aliphatic heterocycles. The van der Waals surface area contributed by atoms with E-state index in [9.17, 15) is 0 Å². The lowest BCUT2D eigenvalue weighted by Gasteiger charge is -2.14. The Morgan fingerprint density at radius 1 is 1.39 bits per heavy atom. The molecule has 0 saturated heterocycles. The number of nitrogens with zero attached hydrogens (tertiary/aromatic N) is 1. The van der Waals surface area contributed by atoms with E-state index in [-0.39, 0.29) is 6.04 Å². The van der Waals surface area contributed by atoms with Crippen LogP contribution in [0, 0.1) is 0 Å². The maximum atomic E-state index is 6.17. The molecule has 2 aromatic rings. The molecule has 0 fully saturated rings. The van der Waals surface area contributed by atoms with E-state index in [0.717, 1.165) is 28.6 Å². The predicted molar refractivity (Wildman–Crippen MR) is 78.2 cm³/mol. The first-order valence-electron chi connectivity index (χ1n) is 6.12. The van der Waals surface area contributed by atoms with Crippen molar-refractivity contribution in [3.05, 3.63) is 50.9 Å². The van der Waals surface area contributed by atoms with E-state index in [2.05, 4.69) is 30.2 Å². The zero-order valence-corrected chi connectivity index (χ0v) is 12.2. The second-order valence-corrected chi connectivity index (χ2v) is 5.80. The second-order valence-electron chi connectivity index (χ2n) is 4.20. The van der Waals surface area contributed by atoms with Crippen molar-refractivity contribution in [3.8, 4) is 0 Å². The van der Waals surface area contributed by atoms with E-state index in [0.29, 0.717) is 0 Å². The number of thiazole rings is 1. The summed E-state index contributed by atoms with van der Waals surface area (Å²) >= 11 is 7.94. The van der Waals surface area contributed by atoms with Crippen LogP contribution in [-0.2, 0) is 13.0 Å². The van der Waals surface area contributed by atoms with Crippen LogP contribution in [0.2, 0.25) is 5.02 Å². The minimum Gasteiger partial charge on any atom is -0.304 e. The first kappa shape index (κ1) is 13.5. The van der Waals surface area contributed by atoms with Gasteiger partial charge in [0, 0.05) is 28.7 Å². The molecule has 2 nitrogen and oxygen atoms in total. The van der Waals surface area contributed by atoms with Crippen molar-refractivity contribution in [2.45, 2.75) is 32.9 Å². The smallest absolute Gasteiger partial charge is 0.107 e. The zero-order chi connectivity index (χ0) is 13.0. The van der Waals surface area contributed by atoms with Gasteiger partial charge in [-0.2, -0.15) is 0 Å². The van der Waals surface area contributed by atoms with Crippen molar-refractivity contribution in [1.29, 1.82) is 0 Å². The van der Waals surface area contributed by atoms with E-state index >= 15 is 0 Å².